The topological polar surface area (TPSA) is 23.6 Å². The summed E-state index contributed by atoms with van der Waals surface area (Å²) in [5.74, 6) is 0.421. The Bertz CT molecular complexity index is 423. The first-order valence-electron chi connectivity index (χ1n) is 8.66. The molecule has 2 saturated heterocycles. The maximum absolute atomic E-state index is 13.0. The van der Waals surface area contributed by atoms with Crippen LogP contribution in [0.25, 0.3) is 0 Å². The van der Waals surface area contributed by atoms with E-state index in [2.05, 4.69) is 35.9 Å². The van der Waals surface area contributed by atoms with Crippen LogP contribution in [0.1, 0.15) is 51.9 Å². The minimum absolute atomic E-state index is 0.140. The Morgan fingerprint density at radius 2 is 1.81 bits per heavy atom. The van der Waals surface area contributed by atoms with Gasteiger partial charge in [0.05, 0.1) is 5.41 Å². The number of piperidine rings is 2. The normalized spacial score (nSPS) is 33.3. The van der Waals surface area contributed by atoms with Gasteiger partial charge in [-0.15, -0.1) is 0 Å². The molecule has 0 aromatic heterocycles. The zero-order valence-electron chi connectivity index (χ0n) is 13.7. The van der Waals surface area contributed by atoms with Gasteiger partial charge in [-0.3, -0.25) is 4.79 Å². The number of carbonyl (C=O) groups excluding carboxylic acids is 1. The second-order valence-corrected chi connectivity index (χ2v) is 7.91. The van der Waals surface area contributed by atoms with Crippen molar-refractivity contribution in [1.82, 2.24) is 9.80 Å². The fraction of sp³-hybridized carbons (Fsp3) is 0.833. The number of likely N-dealkylation sites (tertiary alicyclic amines) is 2. The minimum atomic E-state index is -0.140. The van der Waals surface area contributed by atoms with Gasteiger partial charge in [0.15, 0.2) is 0 Å². The summed E-state index contributed by atoms with van der Waals surface area (Å²) in [4.78, 5) is 17.7. The van der Waals surface area contributed by atoms with Crippen molar-refractivity contribution in [2.24, 2.45) is 10.8 Å². The molecule has 3 rings (SSSR count). The van der Waals surface area contributed by atoms with Crippen molar-refractivity contribution in [3.05, 3.63) is 12.2 Å². The monoisotopic (exact) mass is 290 g/mol. The van der Waals surface area contributed by atoms with Gasteiger partial charge >= 0.3 is 0 Å². The molecule has 2 heterocycles. The second kappa shape index (κ2) is 5.75. The minimum Gasteiger partial charge on any atom is -0.342 e. The van der Waals surface area contributed by atoms with Crippen LogP contribution >= 0.6 is 0 Å². The Balaban J connectivity index is 1.68. The lowest BCUT2D eigenvalue weighted by Gasteiger charge is -2.49. The number of nitrogens with zero attached hydrogens (tertiary/aromatic N) is 2. The summed E-state index contributed by atoms with van der Waals surface area (Å²) < 4.78 is 0. The molecule has 1 unspecified atom stereocenters. The van der Waals surface area contributed by atoms with E-state index in [9.17, 15) is 4.79 Å². The summed E-state index contributed by atoms with van der Waals surface area (Å²) >= 11 is 0. The Hall–Kier alpha value is -0.830. The van der Waals surface area contributed by atoms with Crippen LogP contribution in [0.5, 0.6) is 0 Å². The first kappa shape index (κ1) is 15.1. The quantitative estimate of drug-likeness (QED) is 0.693. The lowest BCUT2D eigenvalue weighted by Crippen LogP contribution is -2.53. The first-order valence-corrected chi connectivity index (χ1v) is 8.66. The molecule has 1 aliphatic carbocycles. The highest BCUT2D eigenvalue weighted by Gasteiger charge is 2.43. The molecule has 0 saturated carbocycles. The molecule has 118 valence electrons. The van der Waals surface area contributed by atoms with Gasteiger partial charge in [-0.1, -0.05) is 19.1 Å². The molecule has 2 aliphatic heterocycles. The molecule has 21 heavy (non-hydrogen) atoms. The van der Waals surface area contributed by atoms with E-state index < -0.39 is 0 Å². The number of hydrogen-bond acceptors (Lipinski definition) is 2. The fourth-order valence-electron chi connectivity index (χ4n) is 4.42. The Kier molecular flexibility index (Phi) is 4.13. The van der Waals surface area contributed by atoms with Crippen LogP contribution in [0, 0.1) is 10.8 Å². The highest BCUT2D eigenvalue weighted by atomic mass is 16.2. The molecule has 0 bridgehead atoms. The Morgan fingerprint density at radius 1 is 1.05 bits per heavy atom. The lowest BCUT2D eigenvalue weighted by atomic mass is 9.71. The van der Waals surface area contributed by atoms with Gasteiger partial charge in [-0.2, -0.15) is 0 Å². The zero-order chi connectivity index (χ0) is 14.9. The fourth-order valence-corrected chi connectivity index (χ4v) is 4.42. The van der Waals surface area contributed by atoms with Gasteiger partial charge in [-0.05, 0) is 70.5 Å². The molecule has 1 amide bonds. The molecule has 3 heteroatoms. The summed E-state index contributed by atoms with van der Waals surface area (Å²) in [5.41, 5.74) is 0.278. The van der Waals surface area contributed by atoms with Crippen LogP contribution in [0.2, 0.25) is 0 Å². The molecule has 0 aromatic rings. The second-order valence-electron chi connectivity index (χ2n) is 7.91. The first-order chi connectivity index (χ1) is 10.0. The van der Waals surface area contributed by atoms with E-state index in [4.69, 9.17) is 0 Å². The van der Waals surface area contributed by atoms with E-state index in [0.29, 0.717) is 11.3 Å². The number of hydrogen-bond donors (Lipinski definition) is 0. The summed E-state index contributed by atoms with van der Waals surface area (Å²) in [6.07, 6.45) is 12.5. The van der Waals surface area contributed by atoms with Crippen molar-refractivity contribution in [3.8, 4) is 0 Å². The molecule has 1 spiro atoms. The van der Waals surface area contributed by atoms with Gasteiger partial charge in [0.1, 0.15) is 0 Å². The van der Waals surface area contributed by atoms with Gasteiger partial charge in [0.25, 0.3) is 0 Å². The average Bonchev–Trinajstić information content (AvgIpc) is 2.51. The third-order valence-corrected chi connectivity index (χ3v) is 6.11. The van der Waals surface area contributed by atoms with Crippen LogP contribution in [0.4, 0.5) is 0 Å². The highest BCUT2D eigenvalue weighted by Crippen LogP contribution is 2.42. The van der Waals surface area contributed by atoms with Gasteiger partial charge < -0.3 is 9.80 Å². The summed E-state index contributed by atoms with van der Waals surface area (Å²) in [7, 11) is 2.22. The van der Waals surface area contributed by atoms with Crippen molar-refractivity contribution < 1.29 is 4.79 Å². The molecule has 0 aromatic carbocycles. The van der Waals surface area contributed by atoms with E-state index in [1.807, 2.05) is 0 Å². The number of amides is 1. The summed E-state index contributed by atoms with van der Waals surface area (Å²) in [6.45, 7) is 6.56. The summed E-state index contributed by atoms with van der Waals surface area (Å²) in [6, 6.07) is 0. The Labute approximate surface area is 129 Å². The molecule has 3 aliphatic rings. The van der Waals surface area contributed by atoms with Crippen molar-refractivity contribution in [1.29, 1.82) is 0 Å². The molecule has 0 radical (unpaired) electrons. The van der Waals surface area contributed by atoms with Crippen LogP contribution in [-0.4, -0.2) is 48.9 Å². The largest absolute Gasteiger partial charge is 0.342 e. The van der Waals surface area contributed by atoms with Crippen LogP contribution in [0.15, 0.2) is 12.2 Å². The number of rotatable bonds is 1. The van der Waals surface area contributed by atoms with Crippen molar-refractivity contribution in [2.45, 2.75) is 51.9 Å². The molecule has 3 nitrogen and oxygen atoms in total. The van der Waals surface area contributed by atoms with Crippen molar-refractivity contribution in [3.63, 3.8) is 0 Å². The highest BCUT2D eigenvalue weighted by molar-refractivity contribution is 5.83. The predicted octanol–water partition coefficient (Wildman–Crippen LogP) is 3.07. The van der Waals surface area contributed by atoms with Crippen molar-refractivity contribution >= 4 is 5.91 Å². The molecular weight excluding hydrogens is 260 g/mol. The maximum Gasteiger partial charge on any atom is 0.228 e. The maximum atomic E-state index is 13.0. The van der Waals surface area contributed by atoms with E-state index in [1.165, 1.54) is 38.8 Å². The van der Waals surface area contributed by atoms with E-state index in [1.54, 1.807) is 0 Å². The van der Waals surface area contributed by atoms with Crippen LogP contribution < -0.4 is 0 Å². The third kappa shape index (κ3) is 3.03. The molecular formula is C18H30N2O. The van der Waals surface area contributed by atoms with Gasteiger partial charge in [-0.25, -0.2) is 0 Å². The van der Waals surface area contributed by atoms with E-state index in [-0.39, 0.29) is 5.41 Å². The third-order valence-electron chi connectivity index (χ3n) is 6.11. The molecule has 1 atom stereocenters. The standard InChI is InChI=1S/C18H30N2O/c1-17(7-4-3-5-8-17)16(21)20-12-6-9-18(15-20)10-13-19(2)14-11-18/h3-4H,5-15H2,1-2H3. The van der Waals surface area contributed by atoms with Crippen LogP contribution in [-0.2, 0) is 4.79 Å². The van der Waals surface area contributed by atoms with E-state index >= 15 is 0 Å². The molecule has 0 N–H and O–H groups in total. The van der Waals surface area contributed by atoms with Crippen LogP contribution in [0.3, 0.4) is 0 Å². The Morgan fingerprint density at radius 3 is 2.48 bits per heavy atom. The lowest BCUT2D eigenvalue weighted by molar-refractivity contribution is -0.146. The average molecular weight is 290 g/mol. The zero-order valence-corrected chi connectivity index (χ0v) is 13.7. The molecule has 2 fully saturated rings. The number of carbonyl (C=O) groups is 1. The number of allylic oxidation sites excluding steroid dienone is 2. The van der Waals surface area contributed by atoms with E-state index in [0.717, 1.165) is 32.4 Å². The predicted molar refractivity (Wildman–Crippen MR) is 86.1 cm³/mol. The van der Waals surface area contributed by atoms with Gasteiger partial charge in [0.2, 0.25) is 5.91 Å². The summed E-state index contributed by atoms with van der Waals surface area (Å²) in [5, 5.41) is 0. The SMILES string of the molecule is CN1CCC2(CCCN(C(=O)C3(C)CC=CCC3)C2)CC1. The van der Waals surface area contributed by atoms with Crippen molar-refractivity contribution in [2.75, 3.05) is 33.2 Å². The smallest absolute Gasteiger partial charge is 0.228 e. The van der Waals surface area contributed by atoms with Gasteiger partial charge in [0, 0.05) is 13.1 Å².